The lowest BCUT2D eigenvalue weighted by Gasteiger charge is -2.19. The molecule has 2 amide bonds. The lowest BCUT2D eigenvalue weighted by molar-refractivity contribution is -0.137. The molecule has 7 nitrogen and oxygen atoms in total. The maximum absolute atomic E-state index is 13.5. The summed E-state index contributed by atoms with van der Waals surface area (Å²) in [7, 11) is 0. The molecule has 0 saturated heterocycles. The number of benzene rings is 3. The number of amides is 2. The number of anilines is 1. The Hall–Kier alpha value is -3.91. The summed E-state index contributed by atoms with van der Waals surface area (Å²) in [6.45, 7) is 0.0306. The lowest BCUT2D eigenvalue weighted by atomic mass is 9.98. The zero-order chi connectivity index (χ0) is 24.9. The zero-order valence-corrected chi connectivity index (χ0v) is 19.2. The number of carboxylic acid groups (broad SMARTS) is 1. The first kappa shape index (κ1) is 24.2. The van der Waals surface area contributed by atoms with Crippen molar-refractivity contribution in [3.05, 3.63) is 88.7 Å². The molecule has 0 spiro atoms. The molecule has 3 N–H and O–H groups in total. The predicted octanol–water partition coefficient (Wildman–Crippen LogP) is 5.19. The van der Waals surface area contributed by atoms with E-state index in [0.717, 1.165) is 34.4 Å². The molecule has 180 valence electrons. The zero-order valence-electron chi connectivity index (χ0n) is 18.5. The van der Waals surface area contributed by atoms with E-state index in [4.69, 9.17) is 21.4 Å². The molecule has 0 saturated carbocycles. The predicted molar refractivity (Wildman–Crippen MR) is 129 cm³/mol. The van der Waals surface area contributed by atoms with Crippen LogP contribution in [0.15, 0.2) is 66.7 Å². The molecule has 0 radical (unpaired) electrons. The second-order valence-corrected chi connectivity index (χ2v) is 8.48. The van der Waals surface area contributed by atoms with E-state index < -0.39 is 29.8 Å². The average molecular weight is 497 g/mol. The van der Waals surface area contributed by atoms with E-state index in [1.54, 1.807) is 0 Å². The highest BCUT2D eigenvalue weighted by Crippen LogP contribution is 2.44. The number of halogens is 2. The molecule has 1 atom stereocenters. The standard InChI is InChI=1S/C26H22ClFN2O5/c27-21-10-9-15(28)13-23(21)29-25(33)22(11-12-24(31)32)30-26(34)35-14-20-18-7-3-1-5-16(18)17-6-2-4-8-19(17)20/h1-10,13,20,22H,11-12,14H2,(H,29,33)(H,30,34)(H,31,32). The van der Waals surface area contributed by atoms with E-state index in [9.17, 15) is 18.8 Å². The van der Waals surface area contributed by atoms with Gasteiger partial charge in [-0.1, -0.05) is 60.1 Å². The summed E-state index contributed by atoms with van der Waals surface area (Å²) >= 11 is 6.00. The van der Waals surface area contributed by atoms with E-state index in [1.165, 1.54) is 6.07 Å². The quantitative estimate of drug-likeness (QED) is 0.398. The molecule has 3 aromatic carbocycles. The molecule has 1 aliphatic carbocycles. The highest BCUT2D eigenvalue weighted by molar-refractivity contribution is 6.33. The monoisotopic (exact) mass is 496 g/mol. The van der Waals surface area contributed by atoms with E-state index in [0.29, 0.717) is 0 Å². The summed E-state index contributed by atoms with van der Waals surface area (Å²) < 4.78 is 19.0. The molecule has 1 aliphatic rings. The minimum absolute atomic E-state index is 0.00586. The van der Waals surface area contributed by atoms with Crippen LogP contribution in [0, 0.1) is 5.82 Å². The van der Waals surface area contributed by atoms with Gasteiger partial charge in [-0.05, 0) is 46.9 Å². The second kappa shape index (κ2) is 10.6. The highest BCUT2D eigenvalue weighted by atomic mass is 35.5. The van der Waals surface area contributed by atoms with E-state index in [1.807, 2.05) is 48.5 Å². The van der Waals surface area contributed by atoms with Gasteiger partial charge >= 0.3 is 12.1 Å². The topological polar surface area (TPSA) is 105 Å². The summed E-state index contributed by atoms with van der Waals surface area (Å²) in [4.78, 5) is 36.4. The molecule has 1 unspecified atom stereocenters. The van der Waals surface area contributed by atoms with E-state index in [2.05, 4.69) is 10.6 Å². The van der Waals surface area contributed by atoms with Crippen LogP contribution in [0.5, 0.6) is 0 Å². The Morgan fingerprint density at radius 2 is 1.63 bits per heavy atom. The number of alkyl carbamates (subject to hydrolysis) is 1. The Balaban J connectivity index is 1.44. The molecular formula is C26H22ClFN2O5. The number of carbonyl (C=O) groups is 3. The van der Waals surface area contributed by atoms with Crippen LogP contribution in [0.1, 0.15) is 29.9 Å². The largest absolute Gasteiger partial charge is 0.481 e. The Morgan fingerprint density at radius 3 is 2.26 bits per heavy atom. The number of rotatable bonds is 8. The Bertz CT molecular complexity index is 1240. The van der Waals surface area contributed by atoms with Gasteiger partial charge in [0.15, 0.2) is 0 Å². The minimum Gasteiger partial charge on any atom is -0.481 e. The van der Waals surface area contributed by atoms with Crippen molar-refractivity contribution < 1.29 is 28.6 Å². The molecule has 3 aromatic rings. The van der Waals surface area contributed by atoms with Crippen molar-refractivity contribution in [1.29, 1.82) is 0 Å². The van der Waals surface area contributed by atoms with Crippen LogP contribution in [-0.4, -0.2) is 35.7 Å². The molecule has 4 rings (SSSR count). The van der Waals surface area contributed by atoms with Gasteiger partial charge in [0, 0.05) is 12.3 Å². The molecule has 0 heterocycles. The fourth-order valence-electron chi connectivity index (χ4n) is 4.13. The first-order chi connectivity index (χ1) is 16.8. The fourth-order valence-corrected chi connectivity index (χ4v) is 4.30. The average Bonchev–Trinajstić information content (AvgIpc) is 3.16. The van der Waals surface area contributed by atoms with Gasteiger partial charge in [0.05, 0.1) is 10.7 Å². The summed E-state index contributed by atoms with van der Waals surface area (Å²) in [5, 5.41) is 14.0. The van der Waals surface area contributed by atoms with Crippen molar-refractivity contribution >= 4 is 35.3 Å². The number of fused-ring (bicyclic) bond motifs is 3. The van der Waals surface area contributed by atoms with E-state index in [-0.39, 0.29) is 36.1 Å². The van der Waals surface area contributed by atoms with Crippen molar-refractivity contribution in [3.8, 4) is 11.1 Å². The smallest absolute Gasteiger partial charge is 0.407 e. The number of carboxylic acids is 1. The maximum Gasteiger partial charge on any atom is 0.407 e. The third-order valence-corrected chi connectivity index (χ3v) is 6.11. The maximum atomic E-state index is 13.5. The lowest BCUT2D eigenvalue weighted by Crippen LogP contribution is -2.44. The van der Waals surface area contributed by atoms with Gasteiger partial charge in [-0.3, -0.25) is 9.59 Å². The minimum atomic E-state index is -1.24. The van der Waals surface area contributed by atoms with Crippen LogP contribution >= 0.6 is 11.6 Å². The van der Waals surface area contributed by atoms with Gasteiger partial charge in [-0.2, -0.15) is 0 Å². The first-order valence-corrected chi connectivity index (χ1v) is 11.3. The summed E-state index contributed by atoms with van der Waals surface area (Å²) in [5.41, 5.74) is 4.21. The van der Waals surface area contributed by atoms with Crippen LogP contribution in [0.2, 0.25) is 5.02 Å². The van der Waals surface area contributed by atoms with Crippen molar-refractivity contribution in [2.45, 2.75) is 24.8 Å². The number of nitrogens with one attached hydrogen (secondary N) is 2. The van der Waals surface area contributed by atoms with Crippen LogP contribution in [0.4, 0.5) is 14.9 Å². The third kappa shape index (κ3) is 5.60. The highest BCUT2D eigenvalue weighted by Gasteiger charge is 2.30. The Kier molecular flexibility index (Phi) is 7.31. The van der Waals surface area contributed by atoms with Gasteiger partial charge < -0.3 is 20.5 Å². The number of hydrogen-bond acceptors (Lipinski definition) is 4. The molecule has 0 bridgehead atoms. The van der Waals surface area contributed by atoms with Crippen LogP contribution in [-0.2, 0) is 14.3 Å². The Morgan fingerprint density at radius 1 is 1.00 bits per heavy atom. The second-order valence-electron chi connectivity index (χ2n) is 8.07. The van der Waals surface area contributed by atoms with E-state index >= 15 is 0 Å². The molecular weight excluding hydrogens is 475 g/mol. The van der Waals surface area contributed by atoms with Gasteiger partial charge in [-0.25, -0.2) is 9.18 Å². The fraction of sp³-hybridized carbons (Fsp3) is 0.192. The molecule has 0 aromatic heterocycles. The number of aliphatic carboxylic acids is 1. The van der Waals surface area contributed by atoms with Crippen LogP contribution in [0.3, 0.4) is 0 Å². The summed E-state index contributed by atoms with van der Waals surface area (Å²) in [5.74, 6) is -2.67. The molecule has 9 heteroatoms. The van der Waals surface area contributed by atoms with Crippen LogP contribution < -0.4 is 10.6 Å². The van der Waals surface area contributed by atoms with Gasteiger partial charge in [0.2, 0.25) is 5.91 Å². The van der Waals surface area contributed by atoms with Gasteiger partial charge in [0.25, 0.3) is 0 Å². The van der Waals surface area contributed by atoms with Crippen molar-refractivity contribution in [1.82, 2.24) is 5.32 Å². The van der Waals surface area contributed by atoms with Gasteiger partial charge in [-0.15, -0.1) is 0 Å². The van der Waals surface area contributed by atoms with Crippen molar-refractivity contribution in [2.24, 2.45) is 0 Å². The number of hydrogen-bond donors (Lipinski definition) is 3. The van der Waals surface area contributed by atoms with Crippen molar-refractivity contribution in [3.63, 3.8) is 0 Å². The molecule has 0 fully saturated rings. The molecule has 35 heavy (non-hydrogen) atoms. The van der Waals surface area contributed by atoms with Crippen LogP contribution in [0.25, 0.3) is 11.1 Å². The summed E-state index contributed by atoms with van der Waals surface area (Å²) in [6.07, 6.45) is -1.44. The molecule has 0 aliphatic heterocycles. The Labute approximate surface area is 205 Å². The SMILES string of the molecule is O=C(O)CCC(NC(=O)OCC1c2ccccc2-c2ccccc21)C(=O)Nc1cc(F)ccc1Cl. The van der Waals surface area contributed by atoms with Gasteiger partial charge in [0.1, 0.15) is 18.5 Å². The summed E-state index contributed by atoms with van der Waals surface area (Å²) in [6, 6.07) is 17.9. The number of carbonyl (C=O) groups excluding carboxylic acids is 2. The third-order valence-electron chi connectivity index (χ3n) is 5.79. The first-order valence-electron chi connectivity index (χ1n) is 10.9. The van der Waals surface area contributed by atoms with Crippen molar-refractivity contribution in [2.75, 3.05) is 11.9 Å². The number of ether oxygens (including phenoxy) is 1. The normalized spacial score (nSPS) is 12.9.